The largest absolute Gasteiger partial charge is 0.387 e. The number of nitrogens with zero attached hydrogens (tertiary/aromatic N) is 2. The molecule has 0 radical (unpaired) electrons. The Morgan fingerprint density at radius 2 is 1.95 bits per heavy atom. The lowest BCUT2D eigenvalue weighted by Crippen LogP contribution is -2.15. The van der Waals surface area contributed by atoms with Crippen molar-refractivity contribution in [1.82, 2.24) is 9.97 Å². The van der Waals surface area contributed by atoms with Gasteiger partial charge in [-0.05, 0) is 24.6 Å². The molecule has 100 valence electrons. The molecule has 2 N–H and O–H groups in total. The van der Waals surface area contributed by atoms with Gasteiger partial charge in [0.25, 0.3) is 10.0 Å². The molecule has 0 atom stereocenters. The summed E-state index contributed by atoms with van der Waals surface area (Å²) in [5.74, 6) is 0. The van der Waals surface area contributed by atoms with Crippen LogP contribution in [-0.2, 0) is 10.0 Å². The zero-order chi connectivity index (χ0) is 13.9. The van der Waals surface area contributed by atoms with Crippen LogP contribution in [0.1, 0.15) is 5.56 Å². The average Bonchev–Trinajstić information content (AvgIpc) is 2.38. The summed E-state index contributed by atoms with van der Waals surface area (Å²) in [6.07, 6.45) is 5.94. The van der Waals surface area contributed by atoms with Crippen molar-refractivity contribution in [1.29, 1.82) is 0 Å². The molecule has 0 unspecified atom stereocenters. The Balaban J connectivity index is 2.38. The summed E-state index contributed by atoms with van der Waals surface area (Å²) < 4.78 is 27.0. The molecule has 2 aromatic rings. The predicted molar refractivity (Wildman–Crippen MR) is 73.6 cm³/mol. The van der Waals surface area contributed by atoms with E-state index in [2.05, 4.69) is 20.0 Å². The van der Waals surface area contributed by atoms with Crippen molar-refractivity contribution in [3.8, 4) is 0 Å². The molecule has 0 fully saturated rings. The van der Waals surface area contributed by atoms with Crippen molar-refractivity contribution in [3.05, 3.63) is 42.5 Å². The van der Waals surface area contributed by atoms with Gasteiger partial charge >= 0.3 is 0 Å². The van der Waals surface area contributed by atoms with Crippen molar-refractivity contribution >= 4 is 21.4 Å². The number of sulfonamides is 1. The van der Waals surface area contributed by atoms with Crippen molar-refractivity contribution in [2.45, 2.75) is 11.8 Å². The molecule has 2 heterocycles. The Bertz CT molecular complexity index is 686. The van der Waals surface area contributed by atoms with Crippen LogP contribution in [0.15, 0.2) is 41.8 Å². The van der Waals surface area contributed by atoms with Crippen LogP contribution in [-0.4, -0.2) is 25.4 Å². The summed E-state index contributed by atoms with van der Waals surface area (Å²) in [5.41, 5.74) is 1.79. The molecular weight excluding hydrogens is 264 g/mol. The number of rotatable bonds is 4. The molecule has 2 rings (SSSR count). The van der Waals surface area contributed by atoms with Crippen LogP contribution in [0, 0.1) is 6.92 Å². The molecule has 0 spiro atoms. The maximum atomic E-state index is 12.3. The highest BCUT2D eigenvalue weighted by molar-refractivity contribution is 7.92. The van der Waals surface area contributed by atoms with E-state index in [0.717, 1.165) is 5.56 Å². The summed E-state index contributed by atoms with van der Waals surface area (Å²) in [4.78, 5) is 7.89. The topological polar surface area (TPSA) is 84.0 Å². The van der Waals surface area contributed by atoms with E-state index in [1.54, 1.807) is 25.4 Å². The zero-order valence-corrected chi connectivity index (χ0v) is 11.4. The lowest BCUT2D eigenvalue weighted by Gasteiger charge is -2.11. The van der Waals surface area contributed by atoms with E-state index in [4.69, 9.17) is 0 Å². The molecule has 0 aliphatic carbocycles. The van der Waals surface area contributed by atoms with Gasteiger partial charge in [-0.3, -0.25) is 14.7 Å². The van der Waals surface area contributed by atoms with Crippen LogP contribution in [0.3, 0.4) is 0 Å². The van der Waals surface area contributed by atoms with E-state index in [-0.39, 0.29) is 4.90 Å². The highest BCUT2D eigenvalue weighted by Crippen LogP contribution is 2.22. The normalized spacial score (nSPS) is 11.1. The van der Waals surface area contributed by atoms with Crippen molar-refractivity contribution in [3.63, 3.8) is 0 Å². The van der Waals surface area contributed by atoms with Gasteiger partial charge in [-0.25, -0.2) is 8.42 Å². The summed E-state index contributed by atoms with van der Waals surface area (Å²) >= 11 is 0. The quantitative estimate of drug-likeness (QED) is 0.888. The molecule has 0 aliphatic heterocycles. The summed E-state index contributed by atoms with van der Waals surface area (Å²) in [5, 5.41) is 2.82. The third-order valence-electron chi connectivity index (χ3n) is 2.47. The van der Waals surface area contributed by atoms with Crippen LogP contribution in [0.4, 0.5) is 11.4 Å². The average molecular weight is 278 g/mol. The van der Waals surface area contributed by atoms with E-state index >= 15 is 0 Å². The van der Waals surface area contributed by atoms with Gasteiger partial charge in [0.2, 0.25) is 0 Å². The number of aryl methyl sites for hydroxylation is 1. The highest BCUT2D eigenvalue weighted by atomic mass is 32.2. The zero-order valence-electron chi connectivity index (χ0n) is 10.6. The van der Waals surface area contributed by atoms with E-state index in [9.17, 15) is 8.42 Å². The number of pyridine rings is 2. The first-order valence-electron chi connectivity index (χ1n) is 5.59. The molecule has 0 saturated carbocycles. The van der Waals surface area contributed by atoms with Crippen LogP contribution >= 0.6 is 0 Å². The molecule has 7 heteroatoms. The Labute approximate surface area is 112 Å². The fourth-order valence-corrected chi connectivity index (χ4v) is 2.81. The molecule has 0 aromatic carbocycles. The molecule has 19 heavy (non-hydrogen) atoms. The van der Waals surface area contributed by atoms with Crippen LogP contribution in [0.25, 0.3) is 0 Å². The van der Waals surface area contributed by atoms with Crippen molar-refractivity contribution in [2.24, 2.45) is 0 Å². The van der Waals surface area contributed by atoms with Gasteiger partial charge in [0.15, 0.2) is 0 Å². The standard InChI is InChI=1S/C12H14N4O2S/c1-9-5-10(7-15-6-9)16-19(17,18)12-8-14-4-3-11(12)13-2/h3-8,16H,1-2H3,(H,13,14). The lowest BCUT2D eigenvalue weighted by molar-refractivity contribution is 0.601. The lowest BCUT2D eigenvalue weighted by atomic mass is 10.3. The number of hydrogen-bond donors (Lipinski definition) is 2. The number of anilines is 2. The van der Waals surface area contributed by atoms with E-state index in [0.29, 0.717) is 11.4 Å². The molecule has 2 aromatic heterocycles. The first kappa shape index (κ1) is 13.3. The summed E-state index contributed by atoms with van der Waals surface area (Å²) in [6.45, 7) is 1.84. The third-order valence-corrected chi connectivity index (χ3v) is 3.88. The molecule has 0 bridgehead atoms. The Kier molecular flexibility index (Phi) is 3.66. The van der Waals surface area contributed by atoms with Crippen molar-refractivity contribution < 1.29 is 8.42 Å². The monoisotopic (exact) mass is 278 g/mol. The molecule has 0 aliphatic rings. The minimum atomic E-state index is -3.69. The fourth-order valence-electron chi connectivity index (χ4n) is 1.62. The number of nitrogens with one attached hydrogen (secondary N) is 2. The number of aromatic nitrogens is 2. The van der Waals surface area contributed by atoms with Gasteiger partial charge in [-0.15, -0.1) is 0 Å². The van der Waals surface area contributed by atoms with Gasteiger partial charge < -0.3 is 5.32 Å². The fraction of sp³-hybridized carbons (Fsp3) is 0.167. The number of hydrogen-bond acceptors (Lipinski definition) is 5. The minimum Gasteiger partial charge on any atom is -0.387 e. The second-order valence-corrected chi connectivity index (χ2v) is 5.63. The second kappa shape index (κ2) is 5.23. The first-order chi connectivity index (χ1) is 9.03. The first-order valence-corrected chi connectivity index (χ1v) is 7.07. The van der Waals surface area contributed by atoms with Gasteiger partial charge in [-0.2, -0.15) is 0 Å². The van der Waals surface area contributed by atoms with Crippen LogP contribution < -0.4 is 10.0 Å². The Hall–Kier alpha value is -2.15. The van der Waals surface area contributed by atoms with Gasteiger partial charge in [0, 0.05) is 25.6 Å². The van der Waals surface area contributed by atoms with Crippen LogP contribution in [0.5, 0.6) is 0 Å². The Morgan fingerprint density at radius 3 is 2.63 bits per heavy atom. The van der Waals surface area contributed by atoms with Gasteiger partial charge in [0.1, 0.15) is 4.90 Å². The smallest absolute Gasteiger partial charge is 0.265 e. The highest BCUT2D eigenvalue weighted by Gasteiger charge is 2.18. The maximum absolute atomic E-state index is 12.3. The summed E-state index contributed by atoms with van der Waals surface area (Å²) in [6, 6.07) is 3.31. The predicted octanol–water partition coefficient (Wildman–Crippen LogP) is 1.63. The van der Waals surface area contributed by atoms with E-state index in [1.807, 2.05) is 6.92 Å². The van der Waals surface area contributed by atoms with Crippen molar-refractivity contribution in [2.75, 3.05) is 17.1 Å². The van der Waals surface area contributed by atoms with Gasteiger partial charge in [-0.1, -0.05) is 0 Å². The molecular formula is C12H14N4O2S. The molecule has 0 amide bonds. The summed E-state index contributed by atoms with van der Waals surface area (Å²) in [7, 11) is -2.03. The van der Waals surface area contributed by atoms with Gasteiger partial charge in [0.05, 0.1) is 17.6 Å². The SMILES string of the molecule is CNc1ccncc1S(=O)(=O)Nc1cncc(C)c1. The van der Waals surface area contributed by atoms with E-state index in [1.165, 1.54) is 18.6 Å². The third kappa shape index (κ3) is 3.00. The van der Waals surface area contributed by atoms with Crippen LogP contribution in [0.2, 0.25) is 0 Å². The molecule has 6 nitrogen and oxygen atoms in total. The van der Waals surface area contributed by atoms with E-state index < -0.39 is 10.0 Å². The second-order valence-electron chi connectivity index (χ2n) is 3.98. The Morgan fingerprint density at radius 1 is 1.16 bits per heavy atom. The maximum Gasteiger partial charge on any atom is 0.265 e. The minimum absolute atomic E-state index is 0.0963. The molecule has 0 saturated heterocycles.